The van der Waals surface area contributed by atoms with Crippen LogP contribution in [0.1, 0.15) is 40.7 Å². The third kappa shape index (κ3) is 3.36. The van der Waals surface area contributed by atoms with Gasteiger partial charge in [-0.3, -0.25) is 0 Å². The minimum Gasteiger partial charge on any atom is -0.492 e. The van der Waals surface area contributed by atoms with Gasteiger partial charge in [0.15, 0.2) is 6.29 Å². The third-order valence-electron chi connectivity index (χ3n) is 3.91. The fraction of sp³-hybridized carbons (Fsp3) is 0.562. The van der Waals surface area contributed by atoms with Crippen LogP contribution in [0.4, 0.5) is 0 Å². The zero-order chi connectivity index (χ0) is 14.7. The Balaban J connectivity index is 1.62. The minimum atomic E-state index is -0.938. The van der Waals surface area contributed by atoms with Gasteiger partial charge in [0.1, 0.15) is 11.3 Å². The van der Waals surface area contributed by atoms with Crippen LogP contribution in [-0.4, -0.2) is 37.2 Å². The highest BCUT2D eigenvalue weighted by atomic mass is 16.7. The summed E-state index contributed by atoms with van der Waals surface area (Å²) in [6, 6.07) is 3.72. The number of carboxylic acid groups (broad SMARTS) is 1. The molecular weight excluding hydrogens is 272 g/mol. The Morgan fingerprint density at radius 3 is 3.00 bits per heavy atom. The zero-order valence-corrected chi connectivity index (χ0v) is 12.0. The molecule has 2 aliphatic rings. The van der Waals surface area contributed by atoms with E-state index in [1.54, 1.807) is 6.07 Å². The molecule has 114 valence electrons. The van der Waals surface area contributed by atoms with E-state index in [-0.39, 0.29) is 11.9 Å². The Morgan fingerprint density at radius 2 is 2.24 bits per heavy atom. The normalized spacial score (nSPS) is 20.9. The highest BCUT2D eigenvalue weighted by Gasteiger charge is 2.22. The smallest absolute Gasteiger partial charge is 0.339 e. The van der Waals surface area contributed by atoms with Crippen molar-refractivity contribution in [2.45, 2.75) is 38.4 Å². The Kier molecular flexibility index (Phi) is 4.41. The molecule has 0 aliphatic carbocycles. The van der Waals surface area contributed by atoms with E-state index in [2.05, 4.69) is 0 Å². The maximum absolute atomic E-state index is 11.3. The molecule has 1 N–H and O–H groups in total. The molecule has 0 saturated carbocycles. The van der Waals surface area contributed by atoms with Crippen LogP contribution in [0.15, 0.2) is 12.1 Å². The molecule has 2 heterocycles. The average molecular weight is 292 g/mol. The molecule has 0 spiro atoms. The highest BCUT2D eigenvalue weighted by molar-refractivity contribution is 5.92. The van der Waals surface area contributed by atoms with Crippen LogP contribution in [0.3, 0.4) is 0 Å². The molecule has 1 aromatic rings. The molecule has 0 radical (unpaired) electrons. The second-order valence-electron chi connectivity index (χ2n) is 5.45. The standard InChI is InChI=1S/C16H20O5/c17-16(18)13-10-11(9-12-5-8-21-15(12)13)4-7-20-14-3-1-2-6-19-14/h9-10,14H,1-8H2,(H,17,18). The van der Waals surface area contributed by atoms with Crippen LogP contribution in [0, 0.1) is 0 Å². The van der Waals surface area contributed by atoms with E-state index >= 15 is 0 Å². The first-order chi connectivity index (χ1) is 10.2. The van der Waals surface area contributed by atoms with Crippen LogP contribution in [0.5, 0.6) is 5.75 Å². The van der Waals surface area contributed by atoms with E-state index in [9.17, 15) is 9.90 Å². The van der Waals surface area contributed by atoms with Crippen molar-refractivity contribution < 1.29 is 24.1 Å². The second-order valence-corrected chi connectivity index (χ2v) is 5.45. The summed E-state index contributed by atoms with van der Waals surface area (Å²) in [5.41, 5.74) is 2.22. The molecule has 5 heteroatoms. The first-order valence-electron chi connectivity index (χ1n) is 7.49. The van der Waals surface area contributed by atoms with Gasteiger partial charge in [-0.25, -0.2) is 4.79 Å². The lowest BCUT2D eigenvalue weighted by Gasteiger charge is -2.22. The van der Waals surface area contributed by atoms with Crippen molar-refractivity contribution in [2.75, 3.05) is 19.8 Å². The van der Waals surface area contributed by atoms with Crippen molar-refractivity contribution in [2.24, 2.45) is 0 Å². The van der Waals surface area contributed by atoms with Gasteiger partial charge in [-0.2, -0.15) is 0 Å². The molecule has 0 bridgehead atoms. The second kappa shape index (κ2) is 6.45. The fourth-order valence-electron chi connectivity index (χ4n) is 2.83. The van der Waals surface area contributed by atoms with Gasteiger partial charge < -0.3 is 19.3 Å². The minimum absolute atomic E-state index is 0.101. The lowest BCUT2D eigenvalue weighted by molar-refractivity contribution is -0.161. The van der Waals surface area contributed by atoms with Crippen molar-refractivity contribution >= 4 is 5.97 Å². The summed E-state index contributed by atoms with van der Waals surface area (Å²) in [6.07, 6.45) is 4.55. The first kappa shape index (κ1) is 14.4. The van der Waals surface area contributed by atoms with Gasteiger partial charge in [-0.05, 0) is 42.9 Å². The Hall–Kier alpha value is -1.59. The monoisotopic (exact) mass is 292 g/mol. The summed E-state index contributed by atoms with van der Waals surface area (Å²) < 4.78 is 16.6. The number of rotatable bonds is 5. The quantitative estimate of drug-likeness (QED) is 0.902. The van der Waals surface area contributed by atoms with Crippen molar-refractivity contribution in [3.63, 3.8) is 0 Å². The van der Waals surface area contributed by atoms with Gasteiger partial charge in [0, 0.05) is 13.0 Å². The van der Waals surface area contributed by atoms with Crippen molar-refractivity contribution in [1.82, 2.24) is 0 Å². The molecular formula is C16H20O5. The number of carboxylic acids is 1. The summed E-state index contributed by atoms with van der Waals surface area (Å²) in [4.78, 5) is 11.3. The van der Waals surface area contributed by atoms with E-state index < -0.39 is 5.97 Å². The number of aromatic carboxylic acids is 1. The van der Waals surface area contributed by atoms with Gasteiger partial charge in [-0.1, -0.05) is 6.07 Å². The summed E-state index contributed by atoms with van der Waals surface area (Å²) in [6.45, 7) is 1.87. The largest absolute Gasteiger partial charge is 0.492 e. The first-order valence-corrected chi connectivity index (χ1v) is 7.49. The number of fused-ring (bicyclic) bond motifs is 1. The predicted octanol–water partition coefficient (Wildman–Crippen LogP) is 2.41. The van der Waals surface area contributed by atoms with E-state index in [4.69, 9.17) is 14.2 Å². The van der Waals surface area contributed by atoms with E-state index in [0.29, 0.717) is 25.4 Å². The van der Waals surface area contributed by atoms with E-state index in [0.717, 1.165) is 43.4 Å². The number of carbonyl (C=O) groups is 1. The van der Waals surface area contributed by atoms with Gasteiger partial charge in [0.25, 0.3) is 0 Å². The van der Waals surface area contributed by atoms with Gasteiger partial charge in [0.2, 0.25) is 0 Å². The predicted molar refractivity (Wildman–Crippen MR) is 75.8 cm³/mol. The average Bonchev–Trinajstić information content (AvgIpc) is 2.95. The lowest BCUT2D eigenvalue weighted by atomic mass is 10.0. The Labute approximate surface area is 123 Å². The topological polar surface area (TPSA) is 65.0 Å². The molecule has 1 aromatic carbocycles. The molecule has 2 aliphatic heterocycles. The summed E-state index contributed by atoms with van der Waals surface area (Å²) in [5.74, 6) is -0.408. The molecule has 5 nitrogen and oxygen atoms in total. The Bertz CT molecular complexity index is 520. The van der Waals surface area contributed by atoms with Gasteiger partial charge in [-0.15, -0.1) is 0 Å². The van der Waals surface area contributed by atoms with Crippen LogP contribution in [-0.2, 0) is 22.3 Å². The summed E-state index contributed by atoms with van der Waals surface area (Å²) in [5, 5.41) is 9.27. The molecule has 21 heavy (non-hydrogen) atoms. The lowest BCUT2D eigenvalue weighted by Crippen LogP contribution is -2.23. The number of ether oxygens (including phenoxy) is 3. The Morgan fingerprint density at radius 1 is 1.33 bits per heavy atom. The molecule has 1 fully saturated rings. The fourth-order valence-corrected chi connectivity index (χ4v) is 2.83. The SMILES string of the molecule is O=C(O)c1cc(CCOC2CCCCO2)cc2c1OCC2. The van der Waals surface area contributed by atoms with Crippen molar-refractivity contribution in [3.8, 4) is 5.75 Å². The van der Waals surface area contributed by atoms with Crippen LogP contribution in [0.25, 0.3) is 0 Å². The molecule has 0 amide bonds. The molecule has 1 atom stereocenters. The van der Waals surface area contributed by atoms with E-state index in [1.807, 2.05) is 6.07 Å². The van der Waals surface area contributed by atoms with E-state index in [1.165, 1.54) is 0 Å². The molecule has 1 unspecified atom stereocenters. The summed E-state index contributed by atoms with van der Waals surface area (Å²) in [7, 11) is 0. The highest BCUT2D eigenvalue weighted by Crippen LogP contribution is 2.31. The number of benzene rings is 1. The maximum atomic E-state index is 11.3. The van der Waals surface area contributed by atoms with Crippen LogP contribution >= 0.6 is 0 Å². The molecule has 1 saturated heterocycles. The van der Waals surface area contributed by atoms with Crippen LogP contribution < -0.4 is 4.74 Å². The van der Waals surface area contributed by atoms with Crippen molar-refractivity contribution in [1.29, 1.82) is 0 Å². The molecule has 3 rings (SSSR count). The number of hydrogen-bond donors (Lipinski definition) is 1. The van der Waals surface area contributed by atoms with Crippen molar-refractivity contribution in [3.05, 3.63) is 28.8 Å². The number of hydrogen-bond acceptors (Lipinski definition) is 4. The molecule has 0 aromatic heterocycles. The maximum Gasteiger partial charge on any atom is 0.339 e. The third-order valence-corrected chi connectivity index (χ3v) is 3.91. The van der Waals surface area contributed by atoms with Gasteiger partial charge >= 0.3 is 5.97 Å². The van der Waals surface area contributed by atoms with Gasteiger partial charge in [0.05, 0.1) is 13.2 Å². The zero-order valence-electron chi connectivity index (χ0n) is 12.0. The van der Waals surface area contributed by atoms with Crippen LogP contribution in [0.2, 0.25) is 0 Å². The summed E-state index contributed by atoms with van der Waals surface area (Å²) >= 11 is 0.